The highest BCUT2D eigenvalue weighted by Gasteiger charge is 2.32. The lowest BCUT2D eigenvalue weighted by molar-refractivity contribution is 0.0709. The summed E-state index contributed by atoms with van der Waals surface area (Å²) >= 11 is 0. The van der Waals surface area contributed by atoms with E-state index in [4.69, 9.17) is 9.47 Å². The first-order valence-corrected chi connectivity index (χ1v) is 12.1. The van der Waals surface area contributed by atoms with Crippen molar-refractivity contribution in [2.45, 2.75) is 26.4 Å². The summed E-state index contributed by atoms with van der Waals surface area (Å²) in [6.45, 7) is 6.15. The Morgan fingerprint density at radius 2 is 1.83 bits per heavy atom. The molecule has 1 atom stereocenters. The molecule has 1 saturated heterocycles. The summed E-state index contributed by atoms with van der Waals surface area (Å²) in [6, 6.07) is 14.2. The van der Waals surface area contributed by atoms with Crippen molar-refractivity contribution in [2.24, 2.45) is 0 Å². The van der Waals surface area contributed by atoms with Crippen LogP contribution in [0.25, 0.3) is 0 Å². The topological polar surface area (TPSA) is 97.1 Å². The van der Waals surface area contributed by atoms with Gasteiger partial charge in [0.15, 0.2) is 0 Å². The van der Waals surface area contributed by atoms with Crippen molar-refractivity contribution in [3.05, 3.63) is 87.6 Å². The summed E-state index contributed by atoms with van der Waals surface area (Å²) in [7, 11) is 1.60. The third-order valence-electron chi connectivity index (χ3n) is 6.48. The van der Waals surface area contributed by atoms with E-state index in [9.17, 15) is 14.7 Å². The fraction of sp³-hybridized carbons (Fsp3) is 0.370. The van der Waals surface area contributed by atoms with Gasteiger partial charge in [-0.1, -0.05) is 18.2 Å². The number of aromatic nitrogens is 2. The van der Waals surface area contributed by atoms with Crippen LogP contribution in [0.4, 0.5) is 4.79 Å². The number of amides is 1. The summed E-state index contributed by atoms with van der Waals surface area (Å²) < 4.78 is 12.1. The largest absolute Gasteiger partial charge is 0.507 e. The van der Waals surface area contributed by atoms with Crippen LogP contribution in [0.5, 0.6) is 11.5 Å². The second-order valence-electron chi connectivity index (χ2n) is 8.69. The van der Waals surface area contributed by atoms with Gasteiger partial charge >= 0.3 is 6.09 Å². The molecule has 4 rings (SSSR count). The molecule has 2 aromatic heterocycles. The minimum absolute atomic E-state index is 0.0524. The molecular formula is C27H32N4O5. The molecule has 1 N–H and O–H groups in total. The van der Waals surface area contributed by atoms with Crippen molar-refractivity contribution in [3.63, 3.8) is 0 Å². The summed E-state index contributed by atoms with van der Waals surface area (Å²) in [4.78, 5) is 34.3. The SMILES string of the molecule is CCOC(=O)N1CCN(C(c2ccc(OC)cc2)c2c(O)cc(C)n(Cc3ccccn3)c2=O)CC1. The molecule has 3 aromatic rings. The van der Waals surface area contributed by atoms with E-state index in [1.165, 1.54) is 0 Å². The quantitative estimate of drug-likeness (QED) is 0.541. The number of piperazine rings is 1. The fourth-order valence-electron chi connectivity index (χ4n) is 4.60. The van der Waals surface area contributed by atoms with Crippen molar-refractivity contribution >= 4 is 6.09 Å². The number of aryl methyl sites for hydroxylation is 1. The van der Waals surface area contributed by atoms with Gasteiger partial charge in [0.25, 0.3) is 5.56 Å². The standard InChI is InChI=1S/C27H32N4O5/c1-4-36-27(34)30-15-13-29(14-16-30)25(20-8-10-22(35-3)11-9-20)24-23(32)17-19(2)31(26(24)33)18-21-7-5-6-12-28-21/h5-12,17,25,32H,4,13-16,18H2,1-3H3. The van der Waals surface area contributed by atoms with Crippen molar-refractivity contribution in [3.8, 4) is 11.5 Å². The normalized spacial score (nSPS) is 14.9. The van der Waals surface area contributed by atoms with Crippen LogP contribution in [0.2, 0.25) is 0 Å². The molecule has 0 radical (unpaired) electrons. The van der Waals surface area contributed by atoms with Gasteiger partial charge in [-0.25, -0.2) is 4.79 Å². The molecule has 1 aromatic carbocycles. The number of carbonyl (C=O) groups is 1. The Labute approximate surface area is 210 Å². The van der Waals surface area contributed by atoms with E-state index < -0.39 is 6.04 Å². The van der Waals surface area contributed by atoms with E-state index in [-0.39, 0.29) is 17.4 Å². The number of carbonyl (C=O) groups excluding carboxylic acids is 1. The van der Waals surface area contributed by atoms with Crippen LogP contribution < -0.4 is 10.3 Å². The van der Waals surface area contributed by atoms with Crippen LogP contribution in [0, 0.1) is 6.92 Å². The Morgan fingerprint density at radius 1 is 1.11 bits per heavy atom. The highest BCUT2D eigenvalue weighted by Crippen LogP contribution is 2.34. The minimum atomic E-state index is -0.511. The maximum atomic E-state index is 13.9. The zero-order valence-corrected chi connectivity index (χ0v) is 20.9. The van der Waals surface area contributed by atoms with Gasteiger partial charge in [0, 0.05) is 38.1 Å². The van der Waals surface area contributed by atoms with Crippen LogP contribution in [0.15, 0.2) is 59.5 Å². The molecule has 190 valence electrons. The van der Waals surface area contributed by atoms with Gasteiger partial charge in [-0.2, -0.15) is 0 Å². The number of pyridine rings is 2. The monoisotopic (exact) mass is 492 g/mol. The van der Waals surface area contributed by atoms with E-state index in [1.54, 1.807) is 42.7 Å². The number of aromatic hydroxyl groups is 1. The van der Waals surface area contributed by atoms with Crippen LogP contribution >= 0.6 is 0 Å². The smallest absolute Gasteiger partial charge is 0.409 e. The Balaban J connectivity index is 1.75. The van der Waals surface area contributed by atoms with E-state index in [0.717, 1.165) is 11.3 Å². The summed E-state index contributed by atoms with van der Waals surface area (Å²) in [5, 5.41) is 11.1. The maximum Gasteiger partial charge on any atom is 0.409 e. The second kappa shape index (κ2) is 11.3. The average molecular weight is 493 g/mol. The molecule has 0 spiro atoms. The van der Waals surface area contributed by atoms with E-state index in [2.05, 4.69) is 9.88 Å². The summed E-state index contributed by atoms with van der Waals surface area (Å²) in [5.41, 5.74) is 2.27. The maximum absolute atomic E-state index is 13.9. The number of benzene rings is 1. The lowest BCUT2D eigenvalue weighted by Crippen LogP contribution is -2.50. The van der Waals surface area contributed by atoms with Crippen LogP contribution in [-0.4, -0.2) is 70.4 Å². The Hall–Kier alpha value is -3.85. The predicted molar refractivity (Wildman–Crippen MR) is 135 cm³/mol. The van der Waals surface area contributed by atoms with Crippen molar-refractivity contribution < 1.29 is 19.4 Å². The highest BCUT2D eigenvalue weighted by molar-refractivity contribution is 5.67. The van der Waals surface area contributed by atoms with Crippen LogP contribution in [-0.2, 0) is 11.3 Å². The van der Waals surface area contributed by atoms with Gasteiger partial charge in [-0.3, -0.25) is 14.7 Å². The van der Waals surface area contributed by atoms with Gasteiger partial charge in [0.05, 0.1) is 37.6 Å². The third kappa shape index (κ3) is 5.36. The highest BCUT2D eigenvalue weighted by atomic mass is 16.6. The molecule has 9 heteroatoms. The van der Waals surface area contributed by atoms with Gasteiger partial charge in [-0.05, 0) is 49.7 Å². The van der Waals surface area contributed by atoms with E-state index >= 15 is 0 Å². The first-order chi connectivity index (χ1) is 17.4. The number of hydrogen-bond donors (Lipinski definition) is 1. The number of hydrogen-bond acceptors (Lipinski definition) is 7. The van der Waals surface area contributed by atoms with Gasteiger partial charge in [0.2, 0.25) is 0 Å². The number of methoxy groups -OCH3 is 1. The summed E-state index contributed by atoms with van der Waals surface area (Å²) in [6.07, 6.45) is 1.36. The Bertz CT molecular complexity index is 1240. The van der Waals surface area contributed by atoms with Crippen molar-refractivity contribution in [1.82, 2.24) is 19.4 Å². The third-order valence-corrected chi connectivity index (χ3v) is 6.48. The molecule has 1 amide bonds. The minimum Gasteiger partial charge on any atom is -0.507 e. The van der Waals surface area contributed by atoms with Gasteiger partial charge < -0.3 is 24.0 Å². The molecule has 3 heterocycles. The van der Waals surface area contributed by atoms with Crippen LogP contribution in [0.3, 0.4) is 0 Å². The van der Waals surface area contributed by atoms with Gasteiger partial charge in [0.1, 0.15) is 11.5 Å². The van der Waals surface area contributed by atoms with Crippen LogP contribution in [0.1, 0.15) is 35.5 Å². The van der Waals surface area contributed by atoms with Crippen molar-refractivity contribution in [2.75, 3.05) is 39.9 Å². The Kier molecular flexibility index (Phi) is 7.90. The lowest BCUT2D eigenvalue weighted by atomic mass is 9.95. The molecular weight excluding hydrogens is 460 g/mol. The number of ether oxygens (including phenoxy) is 2. The number of nitrogens with zero attached hydrogens (tertiary/aromatic N) is 4. The first-order valence-electron chi connectivity index (χ1n) is 12.1. The molecule has 0 saturated carbocycles. The summed E-state index contributed by atoms with van der Waals surface area (Å²) in [5.74, 6) is 0.647. The molecule has 9 nitrogen and oxygen atoms in total. The molecule has 0 aliphatic carbocycles. The average Bonchev–Trinajstić information content (AvgIpc) is 2.90. The van der Waals surface area contributed by atoms with E-state index in [0.29, 0.717) is 56.3 Å². The Morgan fingerprint density at radius 3 is 2.44 bits per heavy atom. The molecule has 1 aliphatic heterocycles. The molecule has 1 fully saturated rings. The second-order valence-corrected chi connectivity index (χ2v) is 8.69. The first kappa shape index (κ1) is 25.2. The molecule has 1 aliphatic rings. The van der Waals surface area contributed by atoms with Crippen molar-refractivity contribution in [1.29, 1.82) is 0 Å². The molecule has 36 heavy (non-hydrogen) atoms. The zero-order valence-electron chi connectivity index (χ0n) is 20.9. The van der Waals surface area contributed by atoms with E-state index in [1.807, 2.05) is 42.5 Å². The lowest BCUT2D eigenvalue weighted by Gasteiger charge is -2.39. The fourth-order valence-corrected chi connectivity index (χ4v) is 4.60. The molecule has 0 bridgehead atoms. The predicted octanol–water partition coefficient (Wildman–Crippen LogP) is 3.18. The molecule has 1 unspecified atom stereocenters. The number of rotatable bonds is 7. The zero-order chi connectivity index (χ0) is 25.7. The van der Waals surface area contributed by atoms with Gasteiger partial charge in [-0.15, -0.1) is 0 Å².